The molecule has 1 aromatic heterocycles. The second kappa shape index (κ2) is 7.91. The Labute approximate surface area is 138 Å². The fourth-order valence-electron chi connectivity index (χ4n) is 1.76. The van der Waals surface area contributed by atoms with Crippen LogP contribution in [0.5, 0.6) is 0 Å². The molecular weight excluding hydrogens is 322 g/mol. The number of hydrogen-bond acceptors (Lipinski definition) is 6. The number of thioether (sulfide) groups is 1. The van der Waals surface area contributed by atoms with Gasteiger partial charge < -0.3 is 10.0 Å². The van der Waals surface area contributed by atoms with E-state index >= 15 is 0 Å². The molecule has 0 atom stereocenters. The third-order valence-corrected chi connectivity index (χ3v) is 4.50. The maximum atomic E-state index is 12.4. The van der Waals surface area contributed by atoms with E-state index in [1.54, 1.807) is 20.9 Å². The molecule has 0 aliphatic carbocycles. The first kappa shape index (κ1) is 18.9. The van der Waals surface area contributed by atoms with Crippen LogP contribution in [-0.4, -0.2) is 51.1 Å². The summed E-state index contributed by atoms with van der Waals surface area (Å²) >= 11 is 1.32. The number of nitrogens with zero attached hydrogens (tertiary/aromatic N) is 3. The molecule has 1 N–H and O–H groups in total. The predicted octanol–water partition coefficient (Wildman–Crippen LogP) is 2.04. The zero-order valence-corrected chi connectivity index (χ0v) is 14.0. The van der Waals surface area contributed by atoms with Gasteiger partial charge in [0.1, 0.15) is 6.20 Å². The minimum atomic E-state index is -0.952. The smallest absolute Gasteiger partial charge is 0.305 e. The molecule has 0 saturated heterocycles. The molecule has 1 amide bonds. The number of aliphatic carboxylic acids is 1. The summed E-state index contributed by atoms with van der Waals surface area (Å²) in [6.45, 7) is 3.69. The molecule has 9 heteroatoms. The number of aromatic nitrogens is 1. The van der Waals surface area contributed by atoms with Crippen molar-refractivity contribution in [1.29, 1.82) is 0 Å². The molecule has 0 saturated carbocycles. The Balaban J connectivity index is 2.61. The van der Waals surface area contributed by atoms with E-state index in [2.05, 4.69) is 4.98 Å². The third kappa shape index (κ3) is 5.85. The minimum absolute atomic E-state index is 0.0851. The maximum absolute atomic E-state index is 12.4. The fourth-order valence-corrected chi connectivity index (χ4v) is 2.69. The number of pyridine rings is 1. The molecular formula is C14H19N3O5S. The highest BCUT2D eigenvalue weighted by Gasteiger charge is 2.30. The summed E-state index contributed by atoms with van der Waals surface area (Å²) in [6, 6.07) is 2.90. The first-order valence-electron chi connectivity index (χ1n) is 6.84. The van der Waals surface area contributed by atoms with Gasteiger partial charge in [0.25, 0.3) is 5.69 Å². The van der Waals surface area contributed by atoms with E-state index in [1.165, 1.54) is 35.0 Å². The Kier molecular flexibility index (Phi) is 6.49. The van der Waals surface area contributed by atoms with Gasteiger partial charge in [0, 0.05) is 25.4 Å². The second-order valence-corrected chi connectivity index (χ2v) is 6.65. The van der Waals surface area contributed by atoms with Crippen molar-refractivity contribution in [3.8, 4) is 0 Å². The summed E-state index contributed by atoms with van der Waals surface area (Å²) in [4.78, 5) is 38.4. The number of nitro groups is 1. The Bertz CT molecular complexity index is 589. The highest BCUT2D eigenvalue weighted by Crippen LogP contribution is 2.28. The highest BCUT2D eigenvalue weighted by molar-refractivity contribution is 7.99. The molecule has 1 rings (SSSR count). The van der Waals surface area contributed by atoms with Crippen LogP contribution >= 0.6 is 11.8 Å². The Hall–Kier alpha value is -2.16. The third-order valence-electron chi connectivity index (χ3n) is 3.10. The molecule has 0 aliphatic heterocycles. The van der Waals surface area contributed by atoms with Crippen molar-refractivity contribution in [3.63, 3.8) is 0 Å². The van der Waals surface area contributed by atoms with Crippen molar-refractivity contribution < 1.29 is 19.6 Å². The highest BCUT2D eigenvalue weighted by atomic mass is 32.2. The van der Waals surface area contributed by atoms with Gasteiger partial charge in [-0.2, -0.15) is 0 Å². The summed E-state index contributed by atoms with van der Waals surface area (Å²) in [5, 5.41) is 19.8. The molecule has 0 fully saturated rings. The molecule has 126 valence electrons. The SMILES string of the molecule is CN(CCC(=O)O)C(=O)C(C)(C)CSc1ccc([N+](=O)[O-])cn1. The minimum Gasteiger partial charge on any atom is -0.481 e. The first-order chi connectivity index (χ1) is 10.6. The van der Waals surface area contributed by atoms with Crippen LogP contribution in [0.3, 0.4) is 0 Å². The van der Waals surface area contributed by atoms with Crippen LogP contribution in [0.25, 0.3) is 0 Å². The van der Waals surface area contributed by atoms with Gasteiger partial charge in [-0.1, -0.05) is 13.8 Å². The van der Waals surface area contributed by atoms with Gasteiger partial charge in [-0.3, -0.25) is 19.7 Å². The van der Waals surface area contributed by atoms with Crippen LogP contribution in [0.1, 0.15) is 20.3 Å². The second-order valence-electron chi connectivity index (χ2n) is 5.65. The van der Waals surface area contributed by atoms with E-state index in [1.807, 2.05) is 0 Å². The van der Waals surface area contributed by atoms with E-state index in [-0.39, 0.29) is 24.6 Å². The molecule has 23 heavy (non-hydrogen) atoms. The summed E-state index contributed by atoms with van der Waals surface area (Å²) in [7, 11) is 1.57. The van der Waals surface area contributed by atoms with E-state index in [9.17, 15) is 19.7 Å². The van der Waals surface area contributed by atoms with Crippen LogP contribution in [0.4, 0.5) is 5.69 Å². The number of carbonyl (C=O) groups excluding carboxylic acids is 1. The van der Waals surface area contributed by atoms with Gasteiger partial charge in [0.05, 0.1) is 21.8 Å². The standard InChI is InChI=1S/C14H19N3O5S/c1-14(2,13(20)16(3)7-6-12(18)19)9-23-11-5-4-10(8-15-11)17(21)22/h4-5,8H,6-7,9H2,1-3H3,(H,18,19). The quantitative estimate of drug-likeness (QED) is 0.437. The lowest BCUT2D eigenvalue weighted by molar-refractivity contribution is -0.385. The van der Waals surface area contributed by atoms with Crippen molar-refractivity contribution in [3.05, 3.63) is 28.4 Å². The number of carboxylic acids is 1. The molecule has 0 unspecified atom stereocenters. The molecule has 8 nitrogen and oxygen atoms in total. The summed E-state index contributed by atoms with van der Waals surface area (Å²) in [5.41, 5.74) is -0.792. The number of amides is 1. The molecule has 1 heterocycles. The van der Waals surface area contributed by atoms with E-state index < -0.39 is 16.3 Å². The Morgan fingerprint density at radius 3 is 2.57 bits per heavy atom. The van der Waals surface area contributed by atoms with Crippen molar-refractivity contribution in [1.82, 2.24) is 9.88 Å². The lowest BCUT2D eigenvalue weighted by Crippen LogP contribution is -2.40. The van der Waals surface area contributed by atoms with Crippen LogP contribution in [0, 0.1) is 15.5 Å². The van der Waals surface area contributed by atoms with Crippen molar-refractivity contribution in [2.75, 3.05) is 19.3 Å². The number of carboxylic acid groups (broad SMARTS) is 1. The zero-order chi connectivity index (χ0) is 17.6. The first-order valence-corrected chi connectivity index (χ1v) is 7.82. The average molecular weight is 341 g/mol. The maximum Gasteiger partial charge on any atom is 0.305 e. The van der Waals surface area contributed by atoms with Gasteiger partial charge in [-0.25, -0.2) is 4.98 Å². The lowest BCUT2D eigenvalue weighted by atomic mass is 9.94. The van der Waals surface area contributed by atoms with Gasteiger partial charge >= 0.3 is 5.97 Å². The Morgan fingerprint density at radius 1 is 1.43 bits per heavy atom. The van der Waals surface area contributed by atoms with Crippen LogP contribution in [-0.2, 0) is 9.59 Å². The molecule has 0 spiro atoms. The van der Waals surface area contributed by atoms with Crippen molar-refractivity contribution >= 4 is 29.3 Å². The lowest BCUT2D eigenvalue weighted by Gasteiger charge is -2.28. The number of carbonyl (C=O) groups is 2. The van der Waals surface area contributed by atoms with Gasteiger partial charge in [0.15, 0.2) is 0 Å². The zero-order valence-electron chi connectivity index (χ0n) is 13.2. The van der Waals surface area contributed by atoms with E-state index in [0.717, 1.165) is 0 Å². The average Bonchev–Trinajstić information content (AvgIpc) is 2.50. The largest absolute Gasteiger partial charge is 0.481 e. The van der Waals surface area contributed by atoms with Gasteiger partial charge in [-0.15, -0.1) is 11.8 Å². The van der Waals surface area contributed by atoms with Crippen LogP contribution < -0.4 is 0 Å². The van der Waals surface area contributed by atoms with Gasteiger partial charge in [0.2, 0.25) is 5.91 Å². The van der Waals surface area contributed by atoms with E-state index in [4.69, 9.17) is 5.11 Å². The Morgan fingerprint density at radius 2 is 2.09 bits per heavy atom. The monoisotopic (exact) mass is 341 g/mol. The predicted molar refractivity (Wildman–Crippen MR) is 85.3 cm³/mol. The summed E-state index contributed by atoms with van der Waals surface area (Å²) < 4.78 is 0. The van der Waals surface area contributed by atoms with Crippen molar-refractivity contribution in [2.45, 2.75) is 25.3 Å². The number of rotatable bonds is 8. The normalized spacial score (nSPS) is 11.1. The van der Waals surface area contributed by atoms with Crippen molar-refractivity contribution in [2.24, 2.45) is 5.41 Å². The topological polar surface area (TPSA) is 114 Å². The van der Waals surface area contributed by atoms with Crippen LogP contribution in [0.15, 0.2) is 23.4 Å². The summed E-state index contributed by atoms with van der Waals surface area (Å²) in [5.74, 6) is -0.686. The van der Waals surface area contributed by atoms with E-state index in [0.29, 0.717) is 10.8 Å². The molecule has 0 aromatic carbocycles. The van der Waals surface area contributed by atoms with Gasteiger partial charge in [-0.05, 0) is 6.07 Å². The van der Waals surface area contributed by atoms with Crippen LogP contribution in [0.2, 0.25) is 0 Å². The molecule has 1 aromatic rings. The molecule has 0 radical (unpaired) electrons. The summed E-state index contributed by atoms with van der Waals surface area (Å²) in [6.07, 6.45) is 1.07. The fraction of sp³-hybridized carbons (Fsp3) is 0.500. The molecule has 0 aliphatic rings. The number of hydrogen-bond donors (Lipinski definition) is 1. The molecule has 0 bridgehead atoms.